The van der Waals surface area contributed by atoms with E-state index in [1.807, 2.05) is 63.3 Å². The fourth-order valence-electron chi connectivity index (χ4n) is 5.53. The molecule has 2 bridgehead atoms. The SMILES string of the molecule is CC(C)(C)OC(=O)N1CC(/C=C/[C@H]2CCCC[C@@H]2NC(=O)OCc2ccccc2)N2CC1CCCS2(=O)=O. The summed E-state index contributed by atoms with van der Waals surface area (Å²) in [7, 11) is -3.43. The number of nitrogens with one attached hydrogen (secondary N) is 1. The van der Waals surface area contributed by atoms with Crippen LogP contribution in [0.15, 0.2) is 42.5 Å². The summed E-state index contributed by atoms with van der Waals surface area (Å²) in [5.74, 6) is 0.132. The molecule has 1 N–H and O–H groups in total. The van der Waals surface area contributed by atoms with E-state index in [0.717, 1.165) is 31.2 Å². The summed E-state index contributed by atoms with van der Waals surface area (Å²) in [5.41, 5.74) is 0.290. The Labute approximate surface area is 226 Å². The summed E-state index contributed by atoms with van der Waals surface area (Å²) >= 11 is 0. The summed E-state index contributed by atoms with van der Waals surface area (Å²) in [6.45, 7) is 6.22. The molecule has 1 aliphatic carbocycles. The third-order valence-corrected chi connectivity index (χ3v) is 9.36. The lowest BCUT2D eigenvalue weighted by molar-refractivity contribution is 0.00103. The van der Waals surface area contributed by atoms with Gasteiger partial charge in [-0.3, -0.25) is 0 Å². The Morgan fingerprint density at radius 1 is 1.03 bits per heavy atom. The topological polar surface area (TPSA) is 105 Å². The molecule has 210 valence electrons. The summed E-state index contributed by atoms with van der Waals surface area (Å²) < 4.78 is 38.8. The van der Waals surface area contributed by atoms with E-state index in [0.29, 0.717) is 12.8 Å². The molecular formula is C28H41N3O6S. The fraction of sp³-hybridized carbons (Fsp3) is 0.643. The van der Waals surface area contributed by atoms with Gasteiger partial charge >= 0.3 is 12.2 Å². The summed E-state index contributed by atoms with van der Waals surface area (Å²) in [6.07, 6.45) is 7.98. The molecule has 10 heteroatoms. The van der Waals surface area contributed by atoms with Crippen molar-refractivity contribution in [3.63, 3.8) is 0 Å². The Bertz CT molecular complexity index is 1100. The second kappa shape index (κ2) is 12.1. The van der Waals surface area contributed by atoms with Gasteiger partial charge < -0.3 is 19.7 Å². The van der Waals surface area contributed by atoms with Crippen LogP contribution in [0.5, 0.6) is 0 Å². The Kier molecular flexibility index (Phi) is 9.03. The highest BCUT2D eigenvalue weighted by atomic mass is 32.2. The van der Waals surface area contributed by atoms with Crippen molar-refractivity contribution in [2.45, 2.75) is 89.6 Å². The van der Waals surface area contributed by atoms with Crippen LogP contribution in [0.4, 0.5) is 9.59 Å². The highest BCUT2D eigenvalue weighted by Gasteiger charge is 2.43. The predicted octanol–water partition coefficient (Wildman–Crippen LogP) is 4.44. The number of nitrogens with zero attached hydrogens (tertiary/aromatic N) is 2. The lowest BCUT2D eigenvalue weighted by Crippen LogP contribution is -2.60. The van der Waals surface area contributed by atoms with Gasteiger partial charge in [0.05, 0.1) is 11.8 Å². The van der Waals surface area contributed by atoms with Crippen LogP contribution < -0.4 is 5.32 Å². The van der Waals surface area contributed by atoms with Gasteiger partial charge in [0, 0.05) is 25.2 Å². The normalized spacial score (nSPS) is 29.3. The highest BCUT2D eigenvalue weighted by Crippen LogP contribution is 2.30. The zero-order valence-corrected chi connectivity index (χ0v) is 23.5. The van der Waals surface area contributed by atoms with Gasteiger partial charge in [0.1, 0.15) is 12.2 Å². The molecular weight excluding hydrogens is 506 g/mol. The Morgan fingerprint density at radius 3 is 2.50 bits per heavy atom. The van der Waals surface area contributed by atoms with Gasteiger partial charge in [0.25, 0.3) is 0 Å². The average molecular weight is 548 g/mol. The van der Waals surface area contributed by atoms with Crippen LogP contribution in [-0.4, -0.2) is 72.4 Å². The monoisotopic (exact) mass is 547 g/mol. The molecule has 5 atom stereocenters. The van der Waals surface area contributed by atoms with Crippen LogP contribution in [-0.2, 0) is 26.1 Å². The van der Waals surface area contributed by atoms with Crippen molar-refractivity contribution in [3.8, 4) is 0 Å². The van der Waals surface area contributed by atoms with Crippen molar-refractivity contribution < 1.29 is 27.5 Å². The molecule has 0 spiro atoms. The van der Waals surface area contributed by atoms with Crippen LogP contribution in [0.1, 0.15) is 64.9 Å². The second-order valence-electron chi connectivity index (χ2n) is 11.5. The smallest absolute Gasteiger partial charge is 0.410 e. The third kappa shape index (κ3) is 7.50. The van der Waals surface area contributed by atoms with Gasteiger partial charge in [-0.15, -0.1) is 0 Å². The van der Waals surface area contributed by atoms with Crippen LogP contribution in [0, 0.1) is 5.92 Å². The molecule has 0 radical (unpaired) electrons. The maximum Gasteiger partial charge on any atom is 0.410 e. The number of piperazine rings is 1. The molecule has 2 aliphatic heterocycles. The summed E-state index contributed by atoms with van der Waals surface area (Å²) in [5, 5.41) is 3.02. The molecule has 3 fully saturated rings. The average Bonchev–Trinajstić information content (AvgIpc) is 2.98. The van der Waals surface area contributed by atoms with Crippen LogP contribution in [0.3, 0.4) is 0 Å². The van der Waals surface area contributed by atoms with Gasteiger partial charge in [-0.05, 0) is 57.9 Å². The van der Waals surface area contributed by atoms with E-state index in [1.165, 1.54) is 0 Å². The van der Waals surface area contributed by atoms with Gasteiger partial charge in [-0.25, -0.2) is 18.0 Å². The van der Waals surface area contributed by atoms with E-state index < -0.39 is 33.9 Å². The Morgan fingerprint density at radius 2 is 1.76 bits per heavy atom. The number of sulfonamides is 1. The summed E-state index contributed by atoms with van der Waals surface area (Å²) in [4.78, 5) is 27.3. The van der Waals surface area contributed by atoms with Crippen molar-refractivity contribution in [1.82, 2.24) is 14.5 Å². The highest BCUT2D eigenvalue weighted by molar-refractivity contribution is 7.89. The quantitative estimate of drug-likeness (QED) is 0.547. The number of hydrogen-bond acceptors (Lipinski definition) is 6. The molecule has 9 nitrogen and oxygen atoms in total. The molecule has 2 amide bonds. The molecule has 2 saturated heterocycles. The fourth-order valence-corrected chi connectivity index (χ4v) is 7.24. The Hall–Kier alpha value is -2.59. The molecule has 0 aromatic heterocycles. The van der Waals surface area contributed by atoms with Gasteiger partial charge in [0.15, 0.2) is 0 Å². The standard InChI is InChI=1S/C28H41N3O6S/c1-28(2,3)37-27(33)30-18-24(31-19-23(30)13-9-17-38(31,34)35)16-15-22-12-7-8-14-25(22)29-26(32)36-20-21-10-5-4-6-11-21/h4-6,10-11,15-16,22-25H,7-9,12-14,17-20H2,1-3H3,(H,29,32)/b16-15+/t22-,23?,24?,25+/m1/s1. The predicted molar refractivity (Wildman–Crippen MR) is 145 cm³/mol. The zero-order chi connectivity index (χ0) is 27.3. The lowest BCUT2D eigenvalue weighted by Gasteiger charge is -2.43. The first-order chi connectivity index (χ1) is 18.0. The van der Waals surface area contributed by atoms with Crippen molar-refractivity contribution in [3.05, 3.63) is 48.0 Å². The van der Waals surface area contributed by atoms with Gasteiger partial charge in [0.2, 0.25) is 10.0 Å². The number of ether oxygens (including phenoxy) is 2. The number of hydrogen-bond donors (Lipinski definition) is 1. The molecule has 3 unspecified atom stereocenters. The van der Waals surface area contributed by atoms with E-state index in [2.05, 4.69) is 5.32 Å². The van der Waals surface area contributed by atoms with Gasteiger partial charge in [-0.2, -0.15) is 4.31 Å². The molecule has 1 aromatic carbocycles. The van der Waals surface area contributed by atoms with Gasteiger partial charge in [-0.1, -0.05) is 55.3 Å². The van der Waals surface area contributed by atoms with E-state index in [4.69, 9.17) is 9.47 Å². The molecule has 38 heavy (non-hydrogen) atoms. The number of carbonyl (C=O) groups excluding carboxylic acids is 2. The van der Waals surface area contributed by atoms with Crippen molar-refractivity contribution in [2.75, 3.05) is 18.8 Å². The lowest BCUT2D eigenvalue weighted by atomic mass is 9.84. The number of rotatable bonds is 5. The Balaban J connectivity index is 1.45. The van der Waals surface area contributed by atoms with Crippen molar-refractivity contribution in [1.29, 1.82) is 0 Å². The maximum atomic E-state index is 13.1. The maximum absolute atomic E-state index is 13.1. The second-order valence-corrected chi connectivity index (χ2v) is 13.6. The largest absolute Gasteiger partial charge is 0.445 e. The first-order valence-electron chi connectivity index (χ1n) is 13.7. The number of fused-ring (bicyclic) bond motifs is 2. The number of alkyl carbamates (subject to hydrolysis) is 1. The number of amides is 2. The minimum atomic E-state index is -3.43. The first kappa shape index (κ1) is 28.4. The van der Waals surface area contributed by atoms with Crippen molar-refractivity contribution >= 4 is 22.2 Å². The first-order valence-corrected chi connectivity index (χ1v) is 15.3. The van der Waals surface area contributed by atoms with E-state index in [-0.39, 0.29) is 43.5 Å². The third-order valence-electron chi connectivity index (χ3n) is 7.43. The van der Waals surface area contributed by atoms with E-state index in [9.17, 15) is 18.0 Å². The molecule has 1 saturated carbocycles. The molecule has 1 aromatic rings. The van der Waals surface area contributed by atoms with Crippen molar-refractivity contribution in [2.24, 2.45) is 5.92 Å². The minimum Gasteiger partial charge on any atom is -0.445 e. The minimum absolute atomic E-state index is 0.0513. The van der Waals surface area contributed by atoms with Crippen LogP contribution in [0.25, 0.3) is 0 Å². The van der Waals surface area contributed by atoms with Crippen LogP contribution >= 0.6 is 0 Å². The van der Waals surface area contributed by atoms with E-state index in [1.54, 1.807) is 9.21 Å². The summed E-state index contributed by atoms with van der Waals surface area (Å²) in [6, 6.07) is 8.77. The molecule has 2 heterocycles. The van der Waals surface area contributed by atoms with Crippen LogP contribution in [0.2, 0.25) is 0 Å². The number of carbonyl (C=O) groups is 2. The zero-order valence-electron chi connectivity index (χ0n) is 22.7. The molecule has 3 aliphatic rings. The molecule has 4 rings (SSSR count). The number of benzene rings is 1. The van der Waals surface area contributed by atoms with E-state index >= 15 is 0 Å².